The number of halogens is 1. The lowest BCUT2D eigenvalue weighted by atomic mass is 10.3. The van der Waals surface area contributed by atoms with E-state index in [2.05, 4.69) is 25.6 Å². The van der Waals surface area contributed by atoms with Crippen LogP contribution in [-0.4, -0.2) is 21.1 Å². The SMILES string of the molecule is CC(C)Oc1nc(Cl)nc(NCc2ccsc2)n1. The zero-order chi connectivity index (χ0) is 13.0. The number of anilines is 1. The lowest BCUT2D eigenvalue weighted by molar-refractivity contribution is 0.222. The van der Waals surface area contributed by atoms with Gasteiger partial charge in [-0.2, -0.15) is 26.3 Å². The molecule has 96 valence electrons. The Hall–Kier alpha value is -1.40. The van der Waals surface area contributed by atoms with Crippen molar-refractivity contribution >= 4 is 28.9 Å². The first-order chi connectivity index (χ1) is 8.63. The van der Waals surface area contributed by atoms with Crippen LogP contribution in [0.2, 0.25) is 5.28 Å². The topological polar surface area (TPSA) is 59.9 Å². The first kappa shape index (κ1) is 13.0. The Morgan fingerprint density at radius 3 is 2.89 bits per heavy atom. The maximum absolute atomic E-state index is 5.81. The Morgan fingerprint density at radius 1 is 1.39 bits per heavy atom. The molecular weight excluding hydrogens is 272 g/mol. The molecule has 0 spiro atoms. The molecule has 5 nitrogen and oxygen atoms in total. The molecule has 2 heterocycles. The summed E-state index contributed by atoms with van der Waals surface area (Å²) < 4.78 is 5.39. The third kappa shape index (κ3) is 3.82. The highest BCUT2D eigenvalue weighted by molar-refractivity contribution is 7.07. The van der Waals surface area contributed by atoms with Crippen LogP contribution in [0.5, 0.6) is 6.01 Å². The number of rotatable bonds is 5. The van der Waals surface area contributed by atoms with E-state index in [4.69, 9.17) is 16.3 Å². The number of hydrogen-bond acceptors (Lipinski definition) is 6. The van der Waals surface area contributed by atoms with Crippen molar-refractivity contribution in [3.05, 3.63) is 27.7 Å². The van der Waals surface area contributed by atoms with Crippen molar-refractivity contribution in [2.24, 2.45) is 0 Å². The minimum atomic E-state index is -0.00631. The zero-order valence-electron chi connectivity index (χ0n) is 10.1. The molecule has 7 heteroatoms. The number of nitrogens with one attached hydrogen (secondary N) is 1. The van der Waals surface area contributed by atoms with Crippen molar-refractivity contribution in [2.45, 2.75) is 26.5 Å². The molecule has 2 aromatic rings. The second kappa shape index (κ2) is 5.97. The molecule has 0 radical (unpaired) electrons. The predicted molar refractivity (Wildman–Crippen MR) is 72.2 cm³/mol. The molecule has 1 N–H and O–H groups in total. The summed E-state index contributed by atoms with van der Waals surface area (Å²) in [6.07, 6.45) is -0.00631. The van der Waals surface area contributed by atoms with Crippen molar-refractivity contribution in [2.75, 3.05) is 5.32 Å². The first-order valence-electron chi connectivity index (χ1n) is 5.46. The van der Waals surface area contributed by atoms with Gasteiger partial charge in [-0.25, -0.2) is 0 Å². The van der Waals surface area contributed by atoms with Gasteiger partial charge in [-0.05, 0) is 47.8 Å². The first-order valence-corrected chi connectivity index (χ1v) is 6.79. The molecule has 2 rings (SSSR count). The molecule has 18 heavy (non-hydrogen) atoms. The molecule has 0 bridgehead atoms. The van der Waals surface area contributed by atoms with Gasteiger partial charge in [0.25, 0.3) is 0 Å². The highest BCUT2D eigenvalue weighted by atomic mass is 35.5. The number of nitrogens with zero attached hydrogens (tertiary/aromatic N) is 3. The molecule has 2 aromatic heterocycles. The Morgan fingerprint density at radius 2 is 2.22 bits per heavy atom. The van der Waals surface area contributed by atoms with Crippen LogP contribution in [0.15, 0.2) is 16.8 Å². The molecule has 0 saturated heterocycles. The summed E-state index contributed by atoms with van der Waals surface area (Å²) in [7, 11) is 0. The third-order valence-corrected chi connectivity index (χ3v) is 2.86. The quantitative estimate of drug-likeness (QED) is 0.914. The van der Waals surface area contributed by atoms with Gasteiger partial charge in [0.15, 0.2) is 0 Å². The Labute approximate surface area is 114 Å². The molecule has 0 atom stereocenters. The molecule has 0 fully saturated rings. The lowest BCUT2D eigenvalue weighted by Gasteiger charge is -2.09. The van der Waals surface area contributed by atoms with Gasteiger partial charge >= 0.3 is 6.01 Å². The molecule has 0 saturated carbocycles. The average molecular weight is 285 g/mol. The van der Waals surface area contributed by atoms with E-state index in [1.54, 1.807) is 11.3 Å². The minimum Gasteiger partial charge on any atom is -0.461 e. The second-order valence-electron chi connectivity index (χ2n) is 3.86. The van der Waals surface area contributed by atoms with E-state index >= 15 is 0 Å². The Bertz CT molecular complexity index is 504. The Balaban J connectivity index is 2.05. The standard InChI is InChI=1S/C11H13ClN4OS/c1-7(2)17-11-15-9(12)14-10(16-11)13-5-8-3-4-18-6-8/h3-4,6-7H,5H2,1-2H3,(H,13,14,15,16). The van der Waals surface area contributed by atoms with E-state index in [0.29, 0.717) is 12.5 Å². The summed E-state index contributed by atoms with van der Waals surface area (Å²) in [5.74, 6) is 0.414. The van der Waals surface area contributed by atoms with Crippen molar-refractivity contribution < 1.29 is 4.74 Å². The summed E-state index contributed by atoms with van der Waals surface area (Å²) in [6.45, 7) is 4.44. The van der Waals surface area contributed by atoms with Gasteiger partial charge in [0.1, 0.15) is 0 Å². The van der Waals surface area contributed by atoms with E-state index in [9.17, 15) is 0 Å². The highest BCUT2D eigenvalue weighted by Crippen LogP contribution is 2.14. The summed E-state index contributed by atoms with van der Waals surface area (Å²) >= 11 is 7.46. The van der Waals surface area contributed by atoms with Gasteiger partial charge in [0.05, 0.1) is 6.10 Å². The smallest absolute Gasteiger partial charge is 0.322 e. The van der Waals surface area contributed by atoms with Gasteiger partial charge in [0.2, 0.25) is 11.2 Å². The van der Waals surface area contributed by atoms with Gasteiger partial charge < -0.3 is 10.1 Å². The molecule has 0 amide bonds. The fraction of sp³-hybridized carbons (Fsp3) is 0.364. The predicted octanol–water partition coefficient (Wildman–Crippen LogP) is 2.99. The maximum atomic E-state index is 5.81. The van der Waals surface area contributed by atoms with Crippen molar-refractivity contribution in [1.29, 1.82) is 0 Å². The van der Waals surface area contributed by atoms with Crippen molar-refractivity contribution in [1.82, 2.24) is 15.0 Å². The number of hydrogen-bond donors (Lipinski definition) is 1. The summed E-state index contributed by atoms with van der Waals surface area (Å²) in [6, 6.07) is 2.27. The van der Waals surface area contributed by atoms with Gasteiger partial charge in [0, 0.05) is 6.54 Å². The molecule has 0 aliphatic carbocycles. The number of ether oxygens (including phenoxy) is 1. The van der Waals surface area contributed by atoms with E-state index in [-0.39, 0.29) is 17.4 Å². The summed E-state index contributed by atoms with van der Waals surface area (Å²) in [4.78, 5) is 12.0. The van der Waals surface area contributed by atoms with E-state index in [1.165, 1.54) is 5.56 Å². The largest absolute Gasteiger partial charge is 0.461 e. The van der Waals surface area contributed by atoms with Crippen LogP contribution < -0.4 is 10.1 Å². The molecule has 0 aliphatic rings. The summed E-state index contributed by atoms with van der Waals surface area (Å²) in [5.41, 5.74) is 1.17. The maximum Gasteiger partial charge on any atom is 0.322 e. The van der Waals surface area contributed by atoms with Gasteiger partial charge in [-0.1, -0.05) is 0 Å². The monoisotopic (exact) mass is 284 g/mol. The van der Waals surface area contributed by atoms with Crippen LogP contribution in [0.25, 0.3) is 0 Å². The van der Waals surface area contributed by atoms with Crippen LogP contribution in [0.1, 0.15) is 19.4 Å². The highest BCUT2D eigenvalue weighted by Gasteiger charge is 2.07. The van der Waals surface area contributed by atoms with E-state index in [1.807, 2.05) is 25.3 Å². The van der Waals surface area contributed by atoms with Crippen molar-refractivity contribution in [3.8, 4) is 6.01 Å². The van der Waals surface area contributed by atoms with Crippen LogP contribution in [-0.2, 0) is 6.54 Å². The Kier molecular flexibility index (Phi) is 4.33. The van der Waals surface area contributed by atoms with Gasteiger partial charge in [-0.15, -0.1) is 0 Å². The summed E-state index contributed by atoms with van der Waals surface area (Å²) in [5, 5.41) is 7.28. The van der Waals surface area contributed by atoms with Crippen molar-refractivity contribution in [3.63, 3.8) is 0 Å². The molecule has 0 aliphatic heterocycles. The minimum absolute atomic E-state index is 0.00631. The molecule has 0 unspecified atom stereocenters. The lowest BCUT2D eigenvalue weighted by Crippen LogP contribution is -2.11. The van der Waals surface area contributed by atoms with Crippen LogP contribution in [0.4, 0.5) is 5.95 Å². The second-order valence-corrected chi connectivity index (χ2v) is 4.98. The van der Waals surface area contributed by atoms with E-state index < -0.39 is 0 Å². The average Bonchev–Trinajstić information content (AvgIpc) is 2.77. The molecule has 0 aromatic carbocycles. The van der Waals surface area contributed by atoms with Crippen LogP contribution >= 0.6 is 22.9 Å². The zero-order valence-corrected chi connectivity index (χ0v) is 11.6. The number of thiophene rings is 1. The third-order valence-electron chi connectivity index (χ3n) is 1.96. The van der Waals surface area contributed by atoms with Crippen LogP contribution in [0.3, 0.4) is 0 Å². The van der Waals surface area contributed by atoms with Gasteiger partial charge in [-0.3, -0.25) is 0 Å². The fourth-order valence-corrected chi connectivity index (χ4v) is 2.07. The normalized spacial score (nSPS) is 10.7. The van der Waals surface area contributed by atoms with E-state index in [0.717, 1.165) is 0 Å². The number of aromatic nitrogens is 3. The molecular formula is C11H13ClN4OS. The van der Waals surface area contributed by atoms with Crippen LogP contribution in [0, 0.1) is 0 Å². The fourth-order valence-electron chi connectivity index (χ4n) is 1.25.